The summed E-state index contributed by atoms with van der Waals surface area (Å²) in [6, 6.07) is 7.10. The van der Waals surface area contributed by atoms with Crippen LogP contribution in [0.5, 0.6) is 0 Å². The molecule has 1 heterocycles. The molecule has 5 nitrogen and oxygen atoms in total. The number of carbonyl (C=O) groups is 1. The quantitative estimate of drug-likeness (QED) is 0.458. The van der Waals surface area contributed by atoms with E-state index in [0.717, 1.165) is 31.1 Å². The van der Waals surface area contributed by atoms with Crippen LogP contribution >= 0.6 is 0 Å². The van der Waals surface area contributed by atoms with Gasteiger partial charge >= 0.3 is 0 Å². The fraction of sp³-hybridized carbons (Fsp3) is 0.519. The number of aliphatic hydroxyl groups is 1. The molecular formula is C27H37F2N3O2. The number of amides is 1. The summed E-state index contributed by atoms with van der Waals surface area (Å²) < 4.78 is 27.3. The van der Waals surface area contributed by atoms with Gasteiger partial charge in [-0.1, -0.05) is 32.9 Å². The van der Waals surface area contributed by atoms with Crippen LogP contribution < -0.4 is 16.0 Å². The Labute approximate surface area is 201 Å². The number of hydrogen-bond donors (Lipinski definition) is 4. The van der Waals surface area contributed by atoms with Gasteiger partial charge < -0.3 is 21.1 Å². The van der Waals surface area contributed by atoms with Crippen LogP contribution in [0.15, 0.2) is 30.3 Å². The zero-order chi connectivity index (χ0) is 25.0. The van der Waals surface area contributed by atoms with Crippen molar-refractivity contribution in [2.45, 2.75) is 72.1 Å². The second-order valence-corrected chi connectivity index (χ2v) is 10.6. The van der Waals surface area contributed by atoms with E-state index < -0.39 is 23.8 Å². The highest BCUT2D eigenvalue weighted by molar-refractivity contribution is 5.73. The van der Waals surface area contributed by atoms with Crippen molar-refractivity contribution in [2.75, 3.05) is 18.4 Å². The largest absolute Gasteiger partial charge is 0.390 e. The first kappa shape index (κ1) is 26.1. The molecule has 0 aromatic heterocycles. The molecule has 7 heteroatoms. The summed E-state index contributed by atoms with van der Waals surface area (Å²) in [4.78, 5) is 11.7. The lowest BCUT2D eigenvalue weighted by Crippen LogP contribution is -2.48. The van der Waals surface area contributed by atoms with Crippen molar-refractivity contribution in [3.63, 3.8) is 0 Å². The van der Waals surface area contributed by atoms with Gasteiger partial charge in [0.1, 0.15) is 11.6 Å². The van der Waals surface area contributed by atoms with E-state index in [-0.39, 0.29) is 30.3 Å². The summed E-state index contributed by atoms with van der Waals surface area (Å²) in [5.74, 6) is -1.68. The van der Waals surface area contributed by atoms with Gasteiger partial charge in [-0.15, -0.1) is 0 Å². The van der Waals surface area contributed by atoms with Crippen LogP contribution in [0.4, 0.5) is 14.5 Å². The zero-order valence-corrected chi connectivity index (χ0v) is 20.8. The van der Waals surface area contributed by atoms with Crippen LogP contribution in [-0.2, 0) is 17.6 Å². The second-order valence-electron chi connectivity index (χ2n) is 10.6. The van der Waals surface area contributed by atoms with E-state index in [9.17, 15) is 18.7 Å². The maximum atomic E-state index is 13.6. The van der Waals surface area contributed by atoms with Crippen molar-refractivity contribution in [1.82, 2.24) is 10.6 Å². The molecule has 1 unspecified atom stereocenters. The summed E-state index contributed by atoms with van der Waals surface area (Å²) in [7, 11) is 0. The smallest absolute Gasteiger partial charge is 0.217 e. The van der Waals surface area contributed by atoms with E-state index in [1.165, 1.54) is 35.7 Å². The summed E-state index contributed by atoms with van der Waals surface area (Å²) in [6.45, 7) is 11.2. The Morgan fingerprint density at radius 1 is 1.15 bits per heavy atom. The third-order valence-electron chi connectivity index (χ3n) is 6.07. The number of aryl methyl sites for hydroxylation is 1. The third-order valence-corrected chi connectivity index (χ3v) is 6.07. The molecule has 2 aromatic rings. The molecule has 4 N–H and O–H groups in total. The topological polar surface area (TPSA) is 73.4 Å². The Morgan fingerprint density at radius 2 is 1.82 bits per heavy atom. The number of hydrogen-bond acceptors (Lipinski definition) is 4. The number of rotatable bonds is 8. The molecule has 0 radical (unpaired) electrons. The van der Waals surface area contributed by atoms with Crippen molar-refractivity contribution in [1.29, 1.82) is 0 Å². The number of aliphatic hydroxyl groups excluding tert-OH is 1. The molecule has 0 fully saturated rings. The van der Waals surface area contributed by atoms with Crippen molar-refractivity contribution in [3.8, 4) is 0 Å². The van der Waals surface area contributed by atoms with Crippen LogP contribution in [0, 0.1) is 24.0 Å². The summed E-state index contributed by atoms with van der Waals surface area (Å²) in [6.07, 6.45) is 1.00. The number of halogens is 2. The number of carbonyl (C=O) groups excluding carboxylic acids is 1. The van der Waals surface area contributed by atoms with E-state index in [2.05, 4.69) is 55.8 Å². The Balaban J connectivity index is 1.74. The second kappa shape index (κ2) is 10.8. The van der Waals surface area contributed by atoms with Crippen molar-refractivity contribution >= 4 is 11.6 Å². The lowest BCUT2D eigenvalue weighted by atomic mass is 9.85. The molecule has 0 spiro atoms. The van der Waals surface area contributed by atoms with Crippen molar-refractivity contribution < 1.29 is 18.7 Å². The average molecular weight is 474 g/mol. The van der Waals surface area contributed by atoms with Crippen LogP contribution in [0.2, 0.25) is 0 Å². The summed E-state index contributed by atoms with van der Waals surface area (Å²) in [5, 5.41) is 20.6. The molecule has 34 heavy (non-hydrogen) atoms. The summed E-state index contributed by atoms with van der Waals surface area (Å²) in [5.41, 5.74) is 5.34. The standard InChI is InChI=1S/C27H37F2N3O2/c1-16-8-19(14-27(3,4)5)11-22-23(6-7-30-26(16)22)31-15-25(34)24(32-17(2)33)12-18-9-20(28)13-21(29)10-18/h8-11,13,23-25,30-31,34H,6-7,12,14-15H2,1-5H3,(H,32,33)/t23?,24-,25-/m0/s1. The zero-order valence-electron chi connectivity index (χ0n) is 20.8. The van der Waals surface area contributed by atoms with Gasteiger partial charge in [0.15, 0.2) is 0 Å². The Hall–Kier alpha value is -2.51. The fourth-order valence-corrected chi connectivity index (χ4v) is 4.76. The molecule has 0 aliphatic carbocycles. The van der Waals surface area contributed by atoms with E-state index in [0.29, 0.717) is 5.56 Å². The van der Waals surface area contributed by atoms with E-state index in [4.69, 9.17) is 0 Å². The molecule has 1 aliphatic heterocycles. The first-order valence-electron chi connectivity index (χ1n) is 11.9. The highest BCUT2D eigenvalue weighted by Gasteiger charge is 2.26. The van der Waals surface area contributed by atoms with Gasteiger partial charge in [0.05, 0.1) is 12.1 Å². The maximum Gasteiger partial charge on any atom is 0.217 e. The molecule has 0 saturated heterocycles. The monoisotopic (exact) mass is 473 g/mol. The Bertz CT molecular complexity index is 999. The van der Waals surface area contributed by atoms with Gasteiger partial charge in [0, 0.05) is 37.8 Å². The fourth-order valence-electron chi connectivity index (χ4n) is 4.76. The number of benzene rings is 2. The SMILES string of the molecule is CC(=O)N[C@@H](Cc1cc(F)cc(F)c1)[C@@H](O)CNC1CCNc2c(C)cc(CC(C)(C)C)cc21. The minimum absolute atomic E-state index is 0.0501. The Morgan fingerprint density at radius 3 is 2.44 bits per heavy atom. The van der Waals surface area contributed by atoms with Crippen LogP contribution in [0.3, 0.4) is 0 Å². The molecule has 1 aliphatic rings. The number of anilines is 1. The molecule has 186 valence electrons. The molecule has 0 bridgehead atoms. The van der Waals surface area contributed by atoms with Gasteiger partial charge in [0.2, 0.25) is 5.91 Å². The summed E-state index contributed by atoms with van der Waals surface area (Å²) >= 11 is 0. The molecule has 1 amide bonds. The van der Waals surface area contributed by atoms with E-state index in [1.807, 2.05) is 0 Å². The van der Waals surface area contributed by atoms with Crippen molar-refractivity contribution in [3.05, 3.63) is 64.2 Å². The van der Waals surface area contributed by atoms with Gasteiger partial charge in [0.25, 0.3) is 0 Å². The first-order chi connectivity index (χ1) is 15.9. The molecular weight excluding hydrogens is 436 g/mol. The highest BCUT2D eigenvalue weighted by Crippen LogP contribution is 2.35. The number of nitrogens with one attached hydrogen (secondary N) is 3. The molecule has 3 atom stereocenters. The van der Waals surface area contributed by atoms with Gasteiger partial charge in [-0.25, -0.2) is 8.78 Å². The predicted octanol–water partition coefficient (Wildman–Crippen LogP) is 4.42. The highest BCUT2D eigenvalue weighted by atomic mass is 19.1. The lowest BCUT2D eigenvalue weighted by molar-refractivity contribution is -0.120. The van der Waals surface area contributed by atoms with Gasteiger partial charge in [-0.3, -0.25) is 4.79 Å². The minimum Gasteiger partial charge on any atom is -0.390 e. The minimum atomic E-state index is -0.938. The third kappa shape index (κ3) is 7.24. The maximum absolute atomic E-state index is 13.6. The predicted molar refractivity (Wildman–Crippen MR) is 132 cm³/mol. The van der Waals surface area contributed by atoms with E-state index >= 15 is 0 Å². The van der Waals surface area contributed by atoms with E-state index in [1.54, 1.807) is 0 Å². The molecule has 2 aromatic carbocycles. The number of fused-ring (bicyclic) bond motifs is 1. The van der Waals surface area contributed by atoms with Gasteiger partial charge in [-0.05, 0) is 66.0 Å². The van der Waals surface area contributed by atoms with Crippen LogP contribution in [0.1, 0.15) is 62.4 Å². The molecule has 0 saturated carbocycles. The normalized spacial score (nSPS) is 17.5. The van der Waals surface area contributed by atoms with Crippen molar-refractivity contribution in [2.24, 2.45) is 5.41 Å². The lowest BCUT2D eigenvalue weighted by Gasteiger charge is -2.32. The first-order valence-corrected chi connectivity index (χ1v) is 11.9. The molecule has 3 rings (SSSR count). The van der Waals surface area contributed by atoms with Gasteiger partial charge in [-0.2, -0.15) is 0 Å². The Kier molecular flexibility index (Phi) is 8.31. The van der Waals surface area contributed by atoms with Crippen LogP contribution in [-0.4, -0.2) is 36.2 Å². The van der Waals surface area contributed by atoms with Crippen LogP contribution in [0.25, 0.3) is 0 Å². The average Bonchev–Trinajstić information content (AvgIpc) is 2.69.